The lowest BCUT2D eigenvalue weighted by atomic mass is 9.67. The Hall–Kier alpha value is -3.39. The number of nitrogens with one attached hydrogen (secondary N) is 1. The first kappa shape index (κ1) is 27.2. The number of hydrogen-bond acceptors (Lipinski definition) is 7. The Bertz CT molecular complexity index is 1060. The van der Waals surface area contributed by atoms with Crippen LogP contribution in [0.15, 0.2) is 54.6 Å². The maximum Gasteiger partial charge on any atom is 0.328 e. The Morgan fingerprint density at radius 3 is 2.50 bits per heavy atom. The lowest BCUT2D eigenvalue weighted by Crippen LogP contribution is -2.56. The van der Waals surface area contributed by atoms with Crippen LogP contribution in [0.25, 0.3) is 0 Å². The van der Waals surface area contributed by atoms with Crippen molar-refractivity contribution in [2.24, 2.45) is 5.92 Å². The van der Waals surface area contributed by atoms with Crippen LogP contribution in [0, 0.1) is 5.92 Å². The highest BCUT2D eigenvalue weighted by Gasteiger charge is 2.41. The van der Waals surface area contributed by atoms with Crippen molar-refractivity contribution in [1.29, 1.82) is 0 Å². The number of hydrogen-bond donors (Lipinski definition) is 2. The molecule has 36 heavy (non-hydrogen) atoms. The number of piperidine rings is 1. The van der Waals surface area contributed by atoms with Gasteiger partial charge in [-0.3, -0.25) is 19.3 Å². The summed E-state index contributed by atoms with van der Waals surface area (Å²) in [7, 11) is 0. The van der Waals surface area contributed by atoms with E-state index in [4.69, 9.17) is 9.47 Å². The molecule has 0 saturated carbocycles. The van der Waals surface area contributed by atoms with Gasteiger partial charge in [0.1, 0.15) is 12.3 Å². The van der Waals surface area contributed by atoms with Gasteiger partial charge in [0.05, 0.1) is 6.04 Å². The number of phenols is 1. The second kappa shape index (κ2) is 12.0. The topological polar surface area (TPSA) is 105 Å². The summed E-state index contributed by atoms with van der Waals surface area (Å²) in [6.45, 7) is 8.10. The largest absolute Gasteiger partial charge is 0.508 e. The van der Waals surface area contributed by atoms with Crippen molar-refractivity contribution in [3.8, 4) is 5.75 Å². The Morgan fingerprint density at radius 2 is 1.86 bits per heavy atom. The summed E-state index contributed by atoms with van der Waals surface area (Å²) in [6.07, 6.45) is 0.296. The molecule has 2 N–H and O–H groups in total. The van der Waals surface area contributed by atoms with Crippen LogP contribution in [0.1, 0.15) is 45.2 Å². The van der Waals surface area contributed by atoms with E-state index < -0.39 is 24.3 Å². The van der Waals surface area contributed by atoms with E-state index in [9.17, 15) is 19.5 Å². The summed E-state index contributed by atoms with van der Waals surface area (Å²) in [5, 5.41) is 12.7. The maximum atomic E-state index is 13.3. The van der Waals surface area contributed by atoms with E-state index in [0.29, 0.717) is 19.5 Å². The zero-order chi connectivity index (χ0) is 26.3. The molecule has 8 heteroatoms. The zero-order valence-corrected chi connectivity index (χ0v) is 21.4. The predicted octanol–water partition coefficient (Wildman–Crippen LogP) is 3.17. The summed E-state index contributed by atoms with van der Waals surface area (Å²) >= 11 is 0. The van der Waals surface area contributed by atoms with Crippen molar-refractivity contribution in [3.05, 3.63) is 65.7 Å². The van der Waals surface area contributed by atoms with Crippen LogP contribution in [-0.2, 0) is 35.7 Å². The molecule has 0 spiro atoms. The molecular formula is C28H36N2O6. The molecule has 8 nitrogen and oxygen atoms in total. The standard InChI is InChI=1S/C28H36N2O6/c1-19-18-30(14-13-28(19,4)23-11-8-12-24(32)16-23)25(15-22-9-6-5-7-10-22)27(34)29-17-26(33)36-21(3)35-20(2)31/h5-12,16,19,21,25,32H,13-15,17-18H2,1-4H3,(H,29,34). The van der Waals surface area contributed by atoms with Crippen molar-refractivity contribution in [1.82, 2.24) is 10.2 Å². The second-order valence-electron chi connectivity index (χ2n) is 9.70. The quantitative estimate of drug-likeness (QED) is 0.406. The van der Waals surface area contributed by atoms with Crippen molar-refractivity contribution >= 4 is 17.8 Å². The van der Waals surface area contributed by atoms with E-state index in [0.717, 1.165) is 17.5 Å². The first-order valence-electron chi connectivity index (χ1n) is 12.3. The lowest BCUT2D eigenvalue weighted by Gasteiger charge is -2.47. The SMILES string of the molecule is CC(=O)OC(C)OC(=O)CNC(=O)C(Cc1ccccc1)N1CCC(C)(c2cccc(O)c2)C(C)C1. The number of nitrogens with zero attached hydrogens (tertiary/aromatic N) is 1. The van der Waals surface area contributed by atoms with Crippen molar-refractivity contribution in [3.63, 3.8) is 0 Å². The first-order chi connectivity index (χ1) is 17.1. The smallest absolute Gasteiger partial charge is 0.328 e. The number of esters is 2. The molecule has 2 aromatic carbocycles. The minimum Gasteiger partial charge on any atom is -0.508 e. The molecule has 0 aliphatic carbocycles. The number of likely N-dealkylation sites (tertiary alicyclic amines) is 1. The molecule has 1 aliphatic heterocycles. The fraction of sp³-hybridized carbons (Fsp3) is 0.464. The van der Waals surface area contributed by atoms with Crippen LogP contribution in [-0.4, -0.2) is 59.8 Å². The number of phenolic OH excluding ortho intramolecular Hbond substituents is 1. The first-order valence-corrected chi connectivity index (χ1v) is 12.3. The molecule has 1 aliphatic rings. The summed E-state index contributed by atoms with van der Waals surface area (Å²) in [5.41, 5.74) is 1.97. The molecule has 3 rings (SSSR count). The van der Waals surface area contributed by atoms with Gasteiger partial charge in [0.25, 0.3) is 0 Å². The molecule has 194 valence electrons. The number of aromatic hydroxyl groups is 1. The Balaban J connectivity index is 1.70. The summed E-state index contributed by atoms with van der Waals surface area (Å²) in [5.74, 6) is -1.03. The molecule has 0 radical (unpaired) electrons. The molecule has 1 fully saturated rings. The molecule has 0 aromatic heterocycles. The van der Waals surface area contributed by atoms with Gasteiger partial charge in [-0.1, -0.05) is 56.3 Å². The van der Waals surface area contributed by atoms with Gasteiger partial charge in [0, 0.05) is 20.4 Å². The van der Waals surface area contributed by atoms with E-state index in [1.807, 2.05) is 48.5 Å². The van der Waals surface area contributed by atoms with Gasteiger partial charge in [-0.15, -0.1) is 0 Å². The average Bonchev–Trinajstić information content (AvgIpc) is 2.83. The van der Waals surface area contributed by atoms with Gasteiger partial charge in [-0.2, -0.15) is 0 Å². The highest BCUT2D eigenvalue weighted by Crippen LogP contribution is 2.40. The molecule has 2 aromatic rings. The zero-order valence-electron chi connectivity index (χ0n) is 21.4. The minimum absolute atomic E-state index is 0.139. The fourth-order valence-corrected chi connectivity index (χ4v) is 4.83. The molecule has 4 atom stereocenters. The predicted molar refractivity (Wildman–Crippen MR) is 135 cm³/mol. The van der Waals surface area contributed by atoms with Crippen molar-refractivity contribution < 1.29 is 29.0 Å². The molecule has 1 amide bonds. The van der Waals surface area contributed by atoms with Crippen LogP contribution >= 0.6 is 0 Å². The molecule has 1 saturated heterocycles. The fourth-order valence-electron chi connectivity index (χ4n) is 4.83. The lowest BCUT2D eigenvalue weighted by molar-refractivity contribution is -0.182. The highest BCUT2D eigenvalue weighted by atomic mass is 16.7. The van der Waals surface area contributed by atoms with Crippen molar-refractivity contribution in [2.75, 3.05) is 19.6 Å². The third kappa shape index (κ3) is 7.07. The van der Waals surface area contributed by atoms with Gasteiger partial charge in [0.2, 0.25) is 12.2 Å². The van der Waals surface area contributed by atoms with Crippen LogP contribution < -0.4 is 5.32 Å². The molecule has 1 heterocycles. The third-order valence-corrected chi connectivity index (χ3v) is 7.07. The van der Waals surface area contributed by atoms with E-state index >= 15 is 0 Å². The van der Waals surface area contributed by atoms with E-state index in [2.05, 4.69) is 24.1 Å². The number of amides is 1. The maximum absolute atomic E-state index is 13.3. The van der Waals surface area contributed by atoms with Crippen LogP contribution in [0.2, 0.25) is 0 Å². The van der Waals surface area contributed by atoms with E-state index in [-0.39, 0.29) is 29.5 Å². The number of rotatable bonds is 9. The Morgan fingerprint density at radius 1 is 1.14 bits per heavy atom. The van der Waals surface area contributed by atoms with Crippen LogP contribution in [0.3, 0.4) is 0 Å². The Kier molecular flexibility index (Phi) is 9.09. The van der Waals surface area contributed by atoms with E-state index in [1.165, 1.54) is 13.8 Å². The number of benzene rings is 2. The number of carbonyl (C=O) groups is 3. The van der Waals surface area contributed by atoms with Crippen molar-refractivity contribution in [2.45, 2.75) is 58.3 Å². The third-order valence-electron chi connectivity index (χ3n) is 7.07. The van der Waals surface area contributed by atoms with Gasteiger partial charge in [-0.25, -0.2) is 0 Å². The average molecular weight is 497 g/mol. The van der Waals surface area contributed by atoms with E-state index in [1.54, 1.807) is 6.07 Å². The number of ether oxygens (including phenoxy) is 2. The normalized spacial score (nSPS) is 21.7. The summed E-state index contributed by atoms with van der Waals surface area (Å²) in [4.78, 5) is 38.7. The molecular weight excluding hydrogens is 460 g/mol. The second-order valence-corrected chi connectivity index (χ2v) is 9.70. The summed E-state index contributed by atoms with van der Waals surface area (Å²) < 4.78 is 9.83. The monoisotopic (exact) mass is 496 g/mol. The van der Waals surface area contributed by atoms with Gasteiger partial charge < -0.3 is 19.9 Å². The number of carbonyl (C=O) groups excluding carboxylic acids is 3. The van der Waals surface area contributed by atoms with Crippen LogP contribution in [0.5, 0.6) is 5.75 Å². The van der Waals surface area contributed by atoms with Gasteiger partial charge in [-0.05, 0) is 54.0 Å². The van der Waals surface area contributed by atoms with Crippen LogP contribution in [0.4, 0.5) is 0 Å². The Labute approximate surface area is 212 Å². The molecule has 0 bridgehead atoms. The minimum atomic E-state index is -1.02. The highest BCUT2D eigenvalue weighted by molar-refractivity contribution is 5.86. The molecule has 4 unspecified atom stereocenters. The summed E-state index contributed by atoms with van der Waals surface area (Å²) in [6, 6.07) is 16.7. The van der Waals surface area contributed by atoms with Gasteiger partial charge >= 0.3 is 11.9 Å². The van der Waals surface area contributed by atoms with Gasteiger partial charge in [0.15, 0.2) is 0 Å².